The number of carbonyl (C=O) groups is 2. The number of carbonyl (C=O) groups excluding carboxylic acids is 2. The summed E-state index contributed by atoms with van der Waals surface area (Å²) in [6.07, 6.45) is 0. The summed E-state index contributed by atoms with van der Waals surface area (Å²) in [7, 11) is 0. The Morgan fingerprint density at radius 3 is 2.21 bits per heavy atom. The topological polar surface area (TPSA) is 75.4 Å². The number of hydrogen-bond acceptors (Lipinski definition) is 3. The number of hydrogen-bond donors (Lipinski definition) is 2. The van der Waals surface area contributed by atoms with Gasteiger partial charge in [0.15, 0.2) is 5.78 Å². The van der Waals surface area contributed by atoms with Crippen LogP contribution in [0.2, 0.25) is 0 Å². The maximum absolute atomic E-state index is 12.9. The van der Waals surface area contributed by atoms with E-state index in [-0.39, 0.29) is 11.8 Å². The molecule has 1 fully saturated rings. The van der Waals surface area contributed by atoms with E-state index in [0.29, 0.717) is 13.1 Å². The van der Waals surface area contributed by atoms with Crippen LogP contribution in [0.15, 0.2) is 60.7 Å². The molecule has 2 aromatic carbocycles. The predicted octanol–water partition coefficient (Wildman–Crippen LogP) is 2.20. The van der Waals surface area contributed by atoms with Crippen LogP contribution in [0.3, 0.4) is 0 Å². The molecule has 24 heavy (non-hydrogen) atoms. The lowest BCUT2D eigenvalue weighted by molar-refractivity contribution is -0.132. The van der Waals surface area contributed by atoms with E-state index in [1.54, 1.807) is 0 Å². The van der Waals surface area contributed by atoms with Crippen molar-refractivity contribution in [3.63, 3.8) is 0 Å². The van der Waals surface area contributed by atoms with Crippen LogP contribution in [0.5, 0.6) is 0 Å². The normalized spacial score (nSPS) is 23.7. The summed E-state index contributed by atoms with van der Waals surface area (Å²) in [6, 6.07) is 18.1. The number of nitrogens with zero attached hydrogens (tertiary/aromatic N) is 1. The molecule has 124 valence electrons. The van der Waals surface area contributed by atoms with Crippen LogP contribution < -0.4 is 11.1 Å². The molecule has 0 aromatic heterocycles. The fraction of sp³-hybridized carbons (Fsp3) is 0.263. The Kier molecular flexibility index (Phi) is 4.36. The number of nitrogens with one attached hydrogen (secondary N) is 1. The van der Waals surface area contributed by atoms with Gasteiger partial charge >= 0.3 is 6.03 Å². The van der Waals surface area contributed by atoms with Gasteiger partial charge in [0.1, 0.15) is 5.54 Å². The molecule has 2 aromatic rings. The standard InChI is InChI=1S/C19H21N3O2/c1-14(23)19(16-10-6-3-7-11-16)17(15-8-4-2-5-9-15)21-12-13-22(19)18(20)24/h2-11,17,21H,12-13H2,1H3,(H2,20,24). The number of piperazine rings is 1. The van der Waals surface area contributed by atoms with Gasteiger partial charge in [-0.05, 0) is 18.1 Å². The molecular weight excluding hydrogens is 302 g/mol. The molecule has 5 heteroatoms. The van der Waals surface area contributed by atoms with E-state index in [1.807, 2.05) is 60.7 Å². The molecule has 1 aliphatic rings. The van der Waals surface area contributed by atoms with Gasteiger partial charge in [0, 0.05) is 13.1 Å². The maximum Gasteiger partial charge on any atom is 0.316 e. The number of Topliss-reactive ketones (excluding diaryl/α,β-unsaturated/α-hetero) is 1. The van der Waals surface area contributed by atoms with E-state index in [1.165, 1.54) is 11.8 Å². The van der Waals surface area contributed by atoms with E-state index in [0.717, 1.165) is 11.1 Å². The summed E-state index contributed by atoms with van der Waals surface area (Å²) in [5, 5.41) is 3.42. The molecule has 2 unspecified atom stereocenters. The van der Waals surface area contributed by atoms with Crippen LogP contribution in [0.25, 0.3) is 0 Å². The van der Waals surface area contributed by atoms with Crippen LogP contribution in [0.1, 0.15) is 24.1 Å². The summed E-state index contributed by atoms with van der Waals surface area (Å²) < 4.78 is 0. The number of nitrogens with two attached hydrogens (primary N) is 1. The van der Waals surface area contributed by atoms with Crippen molar-refractivity contribution < 1.29 is 9.59 Å². The van der Waals surface area contributed by atoms with E-state index < -0.39 is 11.6 Å². The van der Waals surface area contributed by atoms with Crippen LogP contribution in [-0.4, -0.2) is 29.8 Å². The van der Waals surface area contributed by atoms with E-state index in [2.05, 4.69) is 5.32 Å². The average Bonchev–Trinajstić information content (AvgIpc) is 2.62. The molecule has 3 rings (SSSR count). The fourth-order valence-electron chi connectivity index (χ4n) is 3.70. The van der Waals surface area contributed by atoms with Gasteiger partial charge in [-0.15, -0.1) is 0 Å². The van der Waals surface area contributed by atoms with Crippen molar-refractivity contribution in [1.82, 2.24) is 10.2 Å². The second kappa shape index (κ2) is 6.45. The van der Waals surface area contributed by atoms with Gasteiger partial charge < -0.3 is 16.0 Å². The van der Waals surface area contributed by atoms with Crippen LogP contribution in [0.4, 0.5) is 4.79 Å². The first-order valence-corrected chi connectivity index (χ1v) is 8.00. The Labute approximate surface area is 141 Å². The number of primary amides is 1. The maximum atomic E-state index is 12.9. The Bertz CT molecular complexity index is 733. The molecule has 0 radical (unpaired) electrons. The van der Waals surface area contributed by atoms with Crippen molar-refractivity contribution in [3.8, 4) is 0 Å². The van der Waals surface area contributed by atoms with Crippen LogP contribution in [0, 0.1) is 0 Å². The number of amides is 2. The quantitative estimate of drug-likeness (QED) is 0.909. The average molecular weight is 323 g/mol. The number of rotatable bonds is 3. The van der Waals surface area contributed by atoms with E-state index in [9.17, 15) is 9.59 Å². The fourth-order valence-corrected chi connectivity index (χ4v) is 3.70. The highest BCUT2D eigenvalue weighted by molar-refractivity contribution is 5.93. The zero-order chi connectivity index (χ0) is 17.2. The summed E-state index contributed by atoms with van der Waals surface area (Å²) in [5.41, 5.74) is 6.21. The summed E-state index contributed by atoms with van der Waals surface area (Å²) in [6.45, 7) is 2.48. The molecule has 2 amide bonds. The van der Waals surface area contributed by atoms with Crippen molar-refractivity contribution in [2.75, 3.05) is 13.1 Å². The minimum Gasteiger partial charge on any atom is -0.351 e. The van der Waals surface area contributed by atoms with Gasteiger partial charge in [0.2, 0.25) is 0 Å². The molecule has 2 atom stereocenters. The van der Waals surface area contributed by atoms with E-state index >= 15 is 0 Å². The summed E-state index contributed by atoms with van der Waals surface area (Å²) in [4.78, 5) is 26.6. The minimum absolute atomic E-state index is 0.117. The Morgan fingerprint density at radius 2 is 1.67 bits per heavy atom. The third kappa shape index (κ3) is 2.47. The highest BCUT2D eigenvalue weighted by Crippen LogP contribution is 2.43. The lowest BCUT2D eigenvalue weighted by atomic mass is 9.74. The van der Waals surface area contributed by atoms with Crippen LogP contribution in [-0.2, 0) is 10.3 Å². The third-order valence-electron chi connectivity index (χ3n) is 4.68. The van der Waals surface area contributed by atoms with Crippen molar-refractivity contribution >= 4 is 11.8 Å². The summed E-state index contributed by atoms with van der Waals surface area (Å²) >= 11 is 0. The van der Waals surface area contributed by atoms with Gasteiger partial charge in [-0.3, -0.25) is 4.79 Å². The van der Waals surface area contributed by atoms with E-state index in [4.69, 9.17) is 5.73 Å². The van der Waals surface area contributed by atoms with Crippen molar-refractivity contribution in [3.05, 3.63) is 71.8 Å². The first-order valence-electron chi connectivity index (χ1n) is 8.00. The molecule has 0 aliphatic carbocycles. The van der Waals surface area contributed by atoms with Gasteiger partial charge in [-0.2, -0.15) is 0 Å². The number of benzene rings is 2. The lowest BCUT2D eigenvalue weighted by Gasteiger charge is -2.50. The molecule has 5 nitrogen and oxygen atoms in total. The highest BCUT2D eigenvalue weighted by Gasteiger charge is 2.53. The van der Waals surface area contributed by atoms with Crippen molar-refractivity contribution in [2.24, 2.45) is 5.73 Å². The Morgan fingerprint density at radius 1 is 1.08 bits per heavy atom. The third-order valence-corrected chi connectivity index (χ3v) is 4.68. The van der Waals surface area contributed by atoms with Gasteiger partial charge in [-0.1, -0.05) is 60.7 Å². The summed E-state index contributed by atoms with van der Waals surface area (Å²) in [5.74, 6) is -0.117. The predicted molar refractivity (Wildman–Crippen MR) is 92.3 cm³/mol. The second-order valence-corrected chi connectivity index (χ2v) is 5.98. The lowest BCUT2D eigenvalue weighted by Crippen LogP contribution is -2.66. The zero-order valence-electron chi connectivity index (χ0n) is 13.6. The molecule has 0 bridgehead atoms. The van der Waals surface area contributed by atoms with Crippen molar-refractivity contribution in [1.29, 1.82) is 0 Å². The molecular formula is C19H21N3O2. The first kappa shape index (κ1) is 16.2. The largest absolute Gasteiger partial charge is 0.351 e. The Hall–Kier alpha value is -2.66. The molecule has 1 aliphatic heterocycles. The second-order valence-electron chi connectivity index (χ2n) is 5.98. The van der Waals surface area contributed by atoms with Crippen molar-refractivity contribution in [2.45, 2.75) is 18.5 Å². The zero-order valence-corrected chi connectivity index (χ0v) is 13.6. The molecule has 0 saturated carbocycles. The number of urea groups is 1. The SMILES string of the molecule is CC(=O)C1(c2ccccc2)C(c2ccccc2)NCCN1C(N)=O. The van der Waals surface area contributed by atoms with Gasteiger partial charge in [0.05, 0.1) is 6.04 Å². The number of ketones is 1. The Balaban J connectivity index is 2.26. The highest BCUT2D eigenvalue weighted by atomic mass is 16.2. The first-order chi connectivity index (χ1) is 11.6. The van der Waals surface area contributed by atoms with Gasteiger partial charge in [-0.25, -0.2) is 4.79 Å². The molecule has 3 N–H and O–H groups in total. The molecule has 0 spiro atoms. The monoisotopic (exact) mass is 323 g/mol. The van der Waals surface area contributed by atoms with Crippen LogP contribution >= 0.6 is 0 Å². The smallest absolute Gasteiger partial charge is 0.316 e. The molecule has 1 saturated heterocycles. The minimum atomic E-state index is -1.16. The molecule has 1 heterocycles. The van der Waals surface area contributed by atoms with Gasteiger partial charge in [0.25, 0.3) is 0 Å².